The van der Waals surface area contributed by atoms with E-state index in [0.717, 1.165) is 61.7 Å². The fourth-order valence-electron chi connectivity index (χ4n) is 4.94. The lowest BCUT2D eigenvalue weighted by molar-refractivity contribution is -0.0945. The molecule has 1 aromatic carbocycles. The lowest BCUT2D eigenvalue weighted by Gasteiger charge is -2.47. The first-order valence-electron chi connectivity index (χ1n) is 11.6. The molecule has 2 fully saturated rings. The van der Waals surface area contributed by atoms with Gasteiger partial charge in [0.2, 0.25) is 0 Å². The third kappa shape index (κ3) is 4.59. The minimum atomic E-state index is -0.574. The summed E-state index contributed by atoms with van der Waals surface area (Å²) in [7, 11) is 1.67. The molecule has 0 amide bonds. The van der Waals surface area contributed by atoms with E-state index in [0.29, 0.717) is 13.2 Å². The van der Waals surface area contributed by atoms with Crippen molar-refractivity contribution >= 4 is 5.82 Å². The van der Waals surface area contributed by atoms with Gasteiger partial charge in [-0.1, -0.05) is 6.07 Å². The van der Waals surface area contributed by atoms with E-state index < -0.39 is 6.10 Å². The topological polar surface area (TPSA) is 114 Å². The molecule has 34 heavy (non-hydrogen) atoms. The summed E-state index contributed by atoms with van der Waals surface area (Å²) in [5.41, 5.74) is 2.45. The Hall–Kier alpha value is -3.15. The molecule has 1 atom stereocenters. The molecule has 2 aliphatic rings. The summed E-state index contributed by atoms with van der Waals surface area (Å²) < 4.78 is 9.25. The Morgan fingerprint density at radius 1 is 1.18 bits per heavy atom. The summed E-state index contributed by atoms with van der Waals surface area (Å²) in [4.78, 5) is 16.2. The molecule has 11 nitrogen and oxygen atoms in total. The van der Waals surface area contributed by atoms with E-state index in [-0.39, 0.29) is 11.2 Å². The first-order valence-corrected chi connectivity index (χ1v) is 11.6. The monoisotopic (exact) mass is 466 g/mol. The number of anilines is 1. The summed E-state index contributed by atoms with van der Waals surface area (Å²) in [5.74, 6) is 0.809. The summed E-state index contributed by atoms with van der Waals surface area (Å²) >= 11 is 0. The van der Waals surface area contributed by atoms with Gasteiger partial charge in [-0.3, -0.25) is 4.79 Å². The molecule has 0 aliphatic carbocycles. The third-order valence-corrected chi connectivity index (χ3v) is 6.94. The second-order valence-electron chi connectivity index (χ2n) is 9.22. The van der Waals surface area contributed by atoms with E-state index in [2.05, 4.69) is 30.4 Å². The highest BCUT2D eigenvalue weighted by molar-refractivity contribution is 5.40. The highest BCUT2D eigenvalue weighted by atomic mass is 16.5. The maximum atomic E-state index is 11.7. The van der Waals surface area contributed by atoms with Gasteiger partial charge in [0.15, 0.2) is 0 Å². The van der Waals surface area contributed by atoms with Crippen molar-refractivity contribution in [2.24, 2.45) is 7.05 Å². The maximum absolute atomic E-state index is 11.7. The summed E-state index contributed by atoms with van der Waals surface area (Å²) in [6, 6.07) is 9.21. The fraction of sp³-hybridized carbons (Fsp3) is 0.522. The molecule has 2 saturated heterocycles. The van der Waals surface area contributed by atoms with Gasteiger partial charge >= 0.3 is 0 Å². The summed E-state index contributed by atoms with van der Waals surface area (Å²) in [6.45, 7) is 6.44. The van der Waals surface area contributed by atoms with E-state index in [1.54, 1.807) is 30.2 Å². The van der Waals surface area contributed by atoms with Crippen LogP contribution in [0.15, 0.2) is 41.5 Å². The van der Waals surface area contributed by atoms with Gasteiger partial charge in [-0.05, 0) is 59.5 Å². The lowest BCUT2D eigenvalue weighted by atomic mass is 9.89. The Morgan fingerprint density at radius 2 is 2.00 bits per heavy atom. The summed E-state index contributed by atoms with van der Waals surface area (Å²) in [5, 5.41) is 26.6. The zero-order valence-electron chi connectivity index (χ0n) is 19.5. The standard InChI is InChI=1S/C23H30N8O3/c1-17-13-18(31-16-24-26-27-31)3-4-19(17)20(32)14-29-9-7-23(8-10-29)15-30(11-12-34-23)21-5-6-22(33)28(2)25-21/h3-6,13,16,20,32H,7-12,14-15H2,1-2H3/t20-/m0/s1. The van der Waals surface area contributed by atoms with Gasteiger partial charge in [0.25, 0.3) is 5.56 Å². The van der Waals surface area contributed by atoms with Gasteiger partial charge in [0.1, 0.15) is 12.1 Å². The molecule has 11 heteroatoms. The van der Waals surface area contributed by atoms with Crippen LogP contribution >= 0.6 is 0 Å². The van der Waals surface area contributed by atoms with Crippen LogP contribution in [0.1, 0.15) is 30.1 Å². The van der Waals surface area contributed by atoms with E-state index in [1.165, 1.54) is 4.68 Å². The number of morpholine rings is 1. The number of piperidine rings is 1. The third-order valence-electron chi connectivity index (χ3n) is 6.94. The van der Waals surface area contributed by atoms with Crippen LogP contribution in [0.25, 0.3) is 5.69 Å². The Balaban J connectivity index is 1.19. The fourth-order valence-corrected chi connectivity index (χ4v) is 4.94. The van der Waals surface area contributed by atoms with Crippen molar-refractivity contribution in [2.75, 3.05) is 44.2 Å². The van der Waals surface area contributed by atoms with E-state index in [4.69, 9.17) is 4.74 Å². The SMILES string of the molecule is Cc1cc(-n2cnnn2)ccc1[C@@H](O)CN1CCC2(CC1)CN(c1ccc(=O)n(C)n1)CCO2. The van der Waals surface area contributed by atoms with Crippen molar-refractivity contribution in [3.63, 3.8) is 0 Å². The Kier molecular flexibility index (Phi) is 6.15. The zero-order chi connectivity index (χ0) is 23.7. The van der Waals surface area contributed by atoms with E-state index in [9.17, 15) is 9.90 Å². The second-order valence-corrected chi connectivity index (χ2v) is 9.22. The van der Waals surface area contributed by atoms with Gasteiger partial charge in [-0.2, -0.15) is 5.10 Å². The van der Waals surface area contributed by atoms with Crippen molar-refractivity contribution in [2.45, 2.75) is 31.5 Å². The number of aliphatic hydroxyl groups excluding tert-OH is 1. The van der Waals surface area contributed by atoms with Gasteiger partial charge in [-0.25, -0.2) is 9.36 Å². The minimum Gasteiger partial charge on any atom is -0.387 e. The number of ether oxygens (including phenoxy) is 1. The quantitative estimate of drug-likeness (QED) is 0.573. The number of rotatable bonds is 5. The second kappa shape index (κ2) is 9.24. The molecule has 1 N–H and O–H groups in total. The van der Waals surface area contributed by atoms with Crippen LogP contribution in [0, 0.1) is 6.92 Å². The molecule has 180 valence electrons. The molecule has 0 bridgehead atoms. The van der Waals surface area contributed by atoms with Crippen LogP contribution in [-0.4, -0.2) is 84.9 Å². The first-order chi connectivity index (χ1) is 16.4. The van der Waals surface area contributed by atoms with Crippen LogP contribution in [-0.2, 0) is 11.8 Å². The molecule has 5 rings (SSSR count). The number of benzene rings is 1. The van der Waals surface area contributed by atoms with E-state index in [1.807, 2.05) is 25.1 Å². The molecule has 0 unspecified atom stereocenters. The molecule has 0 radical (unpaired) electrons. The first kappa shape index (κ1) is 22.6. The number of tetrazole rings is 1. The zero-order valence-corrected chi connectivity index (χ0v) is 19.5. The smallest absolute Gasteiger partial charge is 0.266 e. The van der Waals surface area contributed by atoms with Gasteiger partial charge in [-0.15, -0.1) is 5.10 Å². The Labute approximate surface area is 197 Å². The molecular weight excluding hydrogens is 436 g/mol. The summed E-state index contributed by atoms with van der Waals surface area (Å²) in [6.07, 6.45) is 2.76. The predicted molar refractivity (Wildman–Crippen MR) is 125 cm³/mol. The Morgan fingerprint density at radius 3 is 2.71 bits per heavy atom. The number of likely N-dealkylation sites (tertiary alicyclic amines) is 1. The Bertz CT molecular complexity index is 1190. The van der Waals surface area contributed by atoms with Crippen LogP contribution in [0.3, 0.4) is 0 Å². The van der Waals surface area contributed by atoms with Crippen LogP contribution in [0.4, 0.5) is 5.82 Å². The lowest BCUT2D eigenvalue weighted by Crippen LogP contribution is -2.57. The molecular formula is C23H30N8O3. The van der Waals surface area contributed by atoms with Crippen LogP contribution in [0.5, 0.6) is 0 Å². The maximum Gasteiger partial charge on any atom is 0.266 e. The van der Waals surface area contributed by atoms with Crippen LogP contribution < -0.4 is 10.5 Å². The van der Waals surface area contributed by atoms with Gasteiger partial charge < -0.3 is 19.6 Å². The molecule has 1 spiro atoms. The van der Waals surface area contributed by atoms with Crippen molar-refractivity contribution < 1.29 is 9.84 Å². The highest BCUT2D eigenvalue weighted by Crippen LogP contribution is 2.32. The highest BCUT2D eigenvalue weighted by Gasteiger charge is 2.40. The molecule has 3 aromatic rings. The largest absolute Gasteiger partial charge is 0.387 e. The number of nitrogens with zero attached hydrogens (tertiary/aromatic N) is 8. The number of β-amino-alcohol motifs (C(OH)–C–C–N with tert-alkyl or cyclic N) is 1. The van der Waals surface area contributed by atoms with Crippen molar-refractivity contribution in [1.82, 2.24) is 34.9 Å². The average molecular weight is 467 g/mol. The minimum absolute atomic E-state index is 0.112. The number of aromatic nitrogens is 6. The predicted octanol–water partition coefficient (Wildman–Crippen LogP) is 0.469. The molecule has 4 heterocycles. The average Bonchev–Trinajstić information content (AvgIpc) is 3.38. The molecule has 2 aliphatic heterocycles. The van der Waals surface area contributed by atoms with Crippen LogP contribution in [0.2, 0.25) is 0 Å². The van der Waals surface area contributed by atoms with E-state index >= 15 is 0 Å². The van der Waals surface area contributed by atoms with Crippen molar-refractivity contribution in [3.05, 3.63) is 58.1 Å². The normalized spacial score (nSPS) is 19.4. The van der Waals surface area contributed by atoms with Crippen molar-refractivity contribution in [1.29, 1.82) is 0 Å². The van der Waals surface area contributed by atoms with Gasteiger partial charge in [0, 0.05) is 45.8 Å². The molecule has 2 aromatic heterocycles. The number of aliphatic hydroxyl groups is 1. The van der Waals surface area contributed by atoms with Crippen molar-refractivity contribution in [3.8, 4) is 5.69 Å². The molecule has 0 saturated carbocycles. The van der Waals surface area contributed by atoms with Gasteiger partial charge in [0.05, 0.1) is 24.0 Å². The number of hydrogen-bond acceptors (Lipinski definition) is 9. The number of aryl methyl sites for hydroxylation is 2. The number of hydrogen-bond donors (Lipinski definition) is 1.